The molecule has 5 aliphatic rings. The number of hydrogen-bond donors (Lipinski definition) is 0. The fourth-order valence-corrected chi connectivity index (χ4v) is 17.5. The lowest BCUT2D eigenvalue weighted by Gasteiger charge is -2.53. The highest BCUT2D eigenvalue weighted by molar-refractivity contribution is 9.11. The van der Waals surface area contributed by atoms with Crippen LogP contribution in [0.2, 0.25) is 0 Å². The molecule has 2 spiro atoms. The van der Waals surface area contributed by atoms with Crippen molar-refractivity contribution in [1.82, 2.24) is 0 Å². The van der Waals surface area contributed by atoms with Crippen molar-refractivity contribution in [2.75, 3.05) is 33.8 Å². The first-order chi connectivity index (χ1) is 48.5. The zero-order valence-electron chi connectivity index (χ0n) is 54.0. The van der Waals surface area contributed by atoms with E-state index < -0.39 is 10.8 Å². The van der Waals surface area contributed by atoms with Crippen LogP contribution in [0.4, 0.5) is 68.2 Å². The summed E-state index contributed by atoms with van der Waals surface area (Å²) in [6.07, 6.45) is 0. The molecule has 0 N–H and O–H groups in total. The van der Waals surface area contributed by atoms with Crippen molar-refractivity contribution in [3.05, 3.63) is 405 Å². The molecule has 0 aromatic heterocycles. The number of para-hydroxylation sites is 12. The van der Waals surface area contributed by atoms with Crippen molar-refractivity contribution in [2.45, 2.75) is 10.8 Å². The van der Waals surface area contributed by atoms with E-state index in [0.717, 1.165) is 42.8 Å². The van der Waals surface area contributed by atoms with Gasteiger partial charge >= 0.3 is 7.12 Å². The van der Waals surface area contributed by atoms with Crippen molar-refractivity contribution in [3.63, 3.8) is 0 Å². The Labute approximate surface area is 590 Å². The molecule has 0 unspecified atom stereocenters. The lowest BCUT2D eigenvalue weighted by molar-refractivity contribution is 0.292. The number of hydrogen-bond acceptors (Lipinski definition) is 6. The van der Waals surface area contributed by atoms with Crippen molar-refractivity contribution < 1.29 is 9.31 Å². The molecule has 0 atom stereocenters. The molecule has 0 amide bonds. The number of anilines is 12. The van der Waals surface area contributed by atoms with Gasteiger partial charge in [-0.3, -0.25) is 0 Å². The van der Waals surface area contributed by atoms with Crippen molar-refractivity contribution in [2.24, 2.45) is 0 Å². The summed E-state index contributed by atoms with van der Waals surface area (Å²) in [5.74, 6) is 0. The van der Waals surface area contributed by atoms with Crippen LogP contribution in [0.1, 0.15) is 44.5 Å². The SMILES string of the molecule is Brc1ccccc1N1c2ccccc2C2(c3ccccc3N(c3ccccc3)c3ccccc32)c2cccc(Br)c21.COB(OC)c1ccccc1.c1ccc(B2c3ccccc3N3c4ccccc4C4(c5ccccc5N(c5ccccc5)c5ccccc54)c4cccc2c43)cc1. The maximum Gasteiger partial charge on any atom is 0.493 e. The van der Waals surface area contributed by atoms with Gasteiger partial charge in [0.05, 0.1) is 56.3 Å². The third kappa shape index (κ3) is 9.45. The Balaban J connectivity index is 0.000000128. The highest BCUT2D eigenvalue weighted by Gasteiger charge is 2.55. The molecular formula is C88H64B2Br2N4O2. The normalized spacial score (nSPS) is 13.9. The van der Waals surface area contributed by atoms with E-state index in [4.69, 9.17) is 9.31 Å². The van der Waals surface area contributed by atoms with Crippen LogP contribution in [0.25, 0.3) is 0 Å². The van der Waals surface area contributed by atoms with E-state index in [1.54, 1.807) is 14.2 Å². The van der Waals surface area contributed by atoms with Crippen LogP contribution in [-0.4, -0.2) is 28.1 Å². The number of rotatable bonds is 7. The molecule has 468 valence electrons. The molecule has 10 heteroatoms. The summed E-state index contributed by atoms with van der Waals surface area (Å²) < 4.78 is 12.2. The van der Waals surface area contributed by atoms with E-state index in [2.05, 4.69) is 373 Å². The Hall–Kier alpha value is -10.7. The van der Waals surface area contributed by atoms with Crippen molar-refractivity contribution in [3.8, 4) is 0 Å². The van der Waals surface area contributed by atoms with Gasteiger partial charge in [0.15, 0.2) is 0 Å². The summed E-state index contributed by atoms with van der Waals surface area (Å²) in [5.41, 5.74) is 28.6. The first-order valence-electron chi connectivity index (χ1n) is 33.3. The average Bonchev–Trinajstić information content (AvgIpc) is 0.660. The predicted molar refractivity (Wildman–Crippen MR) is 415 cm³/mol. The molecule has 5 aliphatic heterocycles. The van der Waals surface area contributed by atoms with Gasteiger partial charge in [-0.15, -0.1) is 0 Å². The Kier molecular flexibility index (Phi) is 15.8. The fourth-order valence-electron chi connectivity index (χ4n) is 16.5. The third-order valence-corrected chi connectivity index (χ3v) is 21.5. The van der Waals surface area contributed by atoms with Crippen LogP contribution in [0.15, 0.2) is 361 Å². The van der Waals surface area contributed by atoms with E-state index in [-0.39, 0.29) is 13.8 Å². The summed E-state index contributed by atoms with van der Waals surface area (Å²) in [7, 11) is 3.01. The number of fused-ring (bicyclic) bond motifs is 18. The van der Waals surface area contributed by atoms with Gasteiger partial charge in [0.1, 0.15) is 0 Å². The van der Waals surface area contributed by atoms with Crippen molar-refractivity contribution in [1.29, 1.82) is 0 Å². The van der Waals surface area contributed by atoms with Crippen LogP contribution in [0.5, 0.6) is 0 Å². The summed E-state index contributed by atoms with van der Waals surface area (Å²) in [6.45, 7) is 0.126. The van der Waals surface area contributed by atoms with Gasteiger partial charge in [-0.05, 0) is 178 Å². The zero-order valence-corrected chi connectivity index (χ0v) is 57.2. The molecule has 0 saturated carbocycles. The molecule has 14 aromatic rings. The Bertz CT molecular complexity index is 5200. The van der Waals surface area contributed by atoms with Crippen molar-refractivity contribution >= 4 is 136 Å². The van der Waals surface area contributed by atoms with E-state index in [1.807, 2.05) is 30.3 Å². The van der Waals surface area contributed by atoms with E-state index in [1.165, 1.54) is 101 Å². The first-order valence-corrected chi connectivity index (χ1v) is 34.8. The quantitative estimate of drug-likeness (QED) is 0.148. The Morgan fingerprint density at radius 2 is 0.571 bits per heavy atom. The monoisotopic (exact) mass is 1390 g/mol. The second-order valence-electron chi connectivity index (χ2n) is 25.1. The first kappa shape index (κ1) is 60.9. The molecule has 0 fully saturated rings. The minimum atomic E-state index is -0.536. The molecule has 6 nitrogen and oxygen atoms in total. The topological polar surface area (TPSA) is 31.4 Å². The second-order valence-corrected chi connectivity index (χ2v) is 26.8. The van der Waals surface area contributed by atoms with Gasteiger partial charge in [-0.2, -0.15) is 0 Å². The largest absolute Gasteiger partial charge is 0.493 e. The van der Waals surface area contributed by atoms with Gasteiger partial charge in [-0.25, -0.2) is 0 Å². The van der Waals surface area contributed by atoms with Gasteiger partial charge in [0, 0.05) is 45.9 Å². The molecule has 0 radical (unpaired) electrons. The summed E-state index contributed by atoms with van der Waals surface area (Å²) >= 11 is 7.88. The van der Waals surface area contributed by atoms with Gasteiger partial charge in [0.25, 0.3) is 0 Å². The third-order valence-electron chi connectivity index (χ3n) is 20.2. The highest BCUT2D eigenvalue weighted by atomic mass is 79.9. The molecule has 5 heterocycles. The standard InChI is InChI=1S/C43H29BN2.C37H24Br2N2.C8H11BO2/c1-3-16-30(17-4-1)44-36-24-10-14-29-41(36)46-40-28-13-9-22-34(40)43(35-23-15-25-37(44)42(35)46)32-20-7-11-26-38(32)45(31-18-5-2-6-19-31)39-27-12-8-21-33(39)43;38-30-19-7-11-24-35(30)41-34-23-10-6-17-28(34)37(29-18-12-20-31(39)36(29)41)26-15-4-8-21-32(26)40(25-13-2-1-3-14-25)33-22-9-5-16-27(33)37;1-10-9(11-2)8-6-4-3-5-7-8/h1-29H;1-24H;3-7H,1-2H3. The maximum absolute atomic E-state index is 5.06. The van der Waals surface area contributed by atoms with Crippen LogP contribution in [-0.2, 0) is 20.1 Å². The molecular weight excluding hydrogens is 1330 g/mol. The average molecular weight is 1390 g/mol. The van der Waals surface area contributed by atoms with E-state index >= 15 is 0 Å². The Morgan fingerprint density at radius 1 is 0.265 bits per heavy atom. The van der Waals surface area contributed by atoms with E-state index in [0.29, 0.717) is 0 Å². The molecule has 14 aromatic carbocycles. The van der Waals surface area contributed by atoms with Crippen LogP contribution in [0.3, 0.4) is 0 Å². The summed E-state index contributed by atoms with van der Waals surface area (Å²) in [4.78, 5) is 9.81. The number of nitrogens with zero attached hydrogens (tertiary/aromatic N) is 4. The Morgan fingerprint density at radius 3 is 1.01 bits per heavy atom. The zero-order chi connectivity index (χ0) is 65.9. The predicted octanol–water partition coefficient (Wildman–Crippen LogP) is 20.3. The smallest absolute Gasteiger partial charge is 0.410 e. The number of halogens is 2. The van der Waals surface area contributed by atoms with Gasteiger partial charge in [0.2, 0.25) is 6.71 Å². The van der Waals surface area contributed by atoms with Crippen LogP contribution in [0, 0.1) is 0 Å². The van der Waals surface area contributed by atoms with E-state index in [9.17, 15) is 0 Å². The molecule has 0 saturated heterocycles. The molecule has 98 heavy (non-hydrogen) atoms. The lowest BCUT2D eigenvalue weighted by Crippen LogP contribution is -2.59. The number of benzene rings is 14. The summed E-state index contributed by atoms with van der Waals surface area (Å²) in [6, 6.07) is 127. The minimum Gasteiger partial charge on any atom is -0.410 e. The van der Waals surface area contributed by atoms with Gasteiger partial charge in [-0.1, -0.05) is 272 Å². The van der Waals surface area contributed by atoms with Crippen LogP contribution >= 0.6 is 31.9 Å². The maximum atomic E-state index is 5.06. The molecule has 0 aliphatic carbocycles. The lowest BCUT2D eigenvalue weighted by atomic mass is 9.34. The second kappa shape index (κ2) is 25.4. The molecule has 19 rings (SSSR count). The highest BCUT2D eigenvalue weighted by Crippen LogP contribution is 2.67. The summed E-state index contributed by atoms with van der Waals surface area (Å²) in [5, 5.41) is 0. The van der Waals surface area contributed by atoms with Crippen LogP contribution < -0.4 is 41.5 Å². The molecule has 0 bridgehead atoms. The van der Waals surface area contributed by atoms with Gasteiger partial charge < -0.3 is 28.9 Å². The fraction of sp³-hybridized carbons (Fsp3) is 0.0455. The minimum absolute atomic E-state index is 0.126.